The molecule has 3 rings (SSSR count). The van der Waals surface area contributed by atoms with Crippen molar-refractivity contribution < 1.29 is 22.8 Å². The van der Waals surface area contributed by atoms with E-state index in [0.717, 1.165) is 17.0 Å². The number of fused-ring (bicyclic) bond motifs is 1. The van der Waals surface area contributed by atoms with Crippen LogP contribution in [0.3, 0.4) is 0 Å². The number of carbonyl (C=O) groups excluding carboxylic acids is 2. The van der Waals surface area contributed by atoms with Crippen molar-refractivity contribution in [1.29, 1.82) is 5.26 Å². The predicted molar refractivity (Wildman–Crippen MR) is 95.8 cm³/mol. The first kappa shape index (κ1) is 20.1. The second-order valence-corrected chi connectivity index (χ2v) is 6.55. The molecule has 0 bridgehead atoms. The predicted octanol–water partition coefficient (Wildman–Crippen LogP) is 2.98. The van der Waals surface area contributed by atoms with E-state index in [1.807, 2.05) is 0 Å². The third-order valence-corrected chi connectivity index (χ3v) is 4.64. The van der Waals surface area contributed by atoms with Gasteiger partial charge in [-0.3, -0.25) is 9.78 Å². The van der Waals surface area contributed by atoms with Crippen LogP contribution in [0.1, 0.15) is 36.7 Å². The van der Waals surface area contributed by atoms with E-state index in [-0.39, 0.29) is 29.1 Å². The Bertz CT molecular complexity index is 1040. The molecule has 150 valence electrons. The third kappa shape index (κ3) is 3.85. The number of nitriles is 1. The number of benzene rings is 1. The summed E-state index contributed by atoms with van der Waals surface area (Å²) in [6.07, 6.45) is 1.18. The minimum Gasteiger partial charge on any atom is -0.346 e. The zero-order valence-corrected chi connectivity index (χ0v) is 15.5. The molecule has 1 aromatic carbocycles. The van der Waals surface area contributed by atoms with Crippen LogP contribution in [-0.4, -0.2) is 27.9 Å². The van der Waals surface area contributed by atoms with Crippen LogP contribution in [0.25, 0.3) is 0 Å². The van der Waals surface area contributed by atoms with Gasteiger partial charge < -0.3 is 15.5 Å². The first-order valence-electron chi connectivity index (χ1n) is 8.63. The maximum atomic E-state index is 14.1. The van der Waals surface area contributed by atoms with Gasteiger partial charge in [-0.15, -0.1) is 0 Å². The van der Waals surface area contributed by atoms with E-state index in [0.29, 0.717) is 0 Å². The summed E-state index contributed by atoms with van der Waals surface area (Å²) in [5.41, 5.74) is 0.0224. The van der Waals surface area contributed by atoms with Crippen LogP contribution >= 0.6 is 0 Å². The number of pyridine rings is 1. The number of urea groups is 1. The van der Waals surface area contributed by atoms with Gasteiger partial charge in [0.05, 0.1) is 29.5 Å². The number of hydrogen-bond acceptors (Lipinski definition) is 4. The van der Waals surface area contributed by atoms with Crippen LogP contribution < -0.4 is 10.6 Å². The molecule has 1 aromatic heterocycles. The van der Waals surface area contributed by atoms with Crippen molar-refractivity contribution in [1.82, 2.24) is 15.2 Å². The molecule has 10 heteroatoms. The quantitative estimate of drug-likeness (QED) is 0.820. The first-order valence-corrected chi connectivity index (χ1v) is 8.63. The number of nitrogens with zero attached hydrogens (tertiary/aromatic N) is 3. The van der Waals surface area contributed by atoms with Gasteiger partial charge in [0.15, 0.2) is 11.6 Å². The van der Waals surface area contributed by atoms with E-state index in [4.69, 9.17) is 5.26 Å². The molecule has 2 heterocycles. The molecule has 0 fully saturated rings. The summed E-state index contributed by atoms with van der Waals surface area (Å²) in [4.78, 5) is 29.7. The number of amides is 3. The second kappa shape index (κ2) is 7.79. The highest BCUT2D eigenvalue weighted by atomic mass is 19.2. The number of hydrogen-bond donors (Lipinski definition) is 2. The summed E-state index contributed by atoms with van der Waals surface area (Å²) in [5.74, 6) is -3.56. The van der Waals surface area contributed by atoms with Gasteiger partial charge in [0.2, 0.25) is 5.91 Å². The molecular formula is C19H16F3N5O2. The van der Waals surface area contributed by atoms with E-state index >= 15 is 0 Å². The topological polar surface area (TPSA) is 98.1 Å². The lowest BCUT2D eigenvalue weighted by Crippen LogP contribution is -2.51. The molecule has 0 unspecified atom stereocenters. The van der Waals surface area contributed by atoms with Gasteiger partial charge in [-0.05, 0) is 32.0 Å². The van der Waals surface area contributed by atoms with Crippen molar-refractivity contribution >= 4 is 17.6 Å². The van der Waals surface area contributed by atoms with Crippen LogP contribution in [0.4, 0.5) is 23.7 Å². The summed E-state index contributed by atoms with van der Waals surface area (Å²) < 4.78 is 41.6. The van der Waals surface area contributed by atoms with Gasteiger partial charge in [-0.1, -0.05) is 0 Å². The Hall–Kier alpha value is -3.61. The largest absolute Gasteiger partial charge is 0.346 e. The van der Waals surface area contributed by atoms with Crippen LogP contribution in [0, 0.1) is 28.8 Å². The normalized spacial score (nSPS) is 15.0. The molecule has 2 aromatic rings. The fraction of sp³-hybridized carbons (Fsp3) is 0.263. The van der Waals surface area contributed by atoms with Crippen LogP contribution in [0.2, 0.25) is 0 Å². The Balaban J connectivity index is 1.75. The molecule has 0 spiro atoms. The van der Waals surface area contributed by atoms with Crippen molar-refractivity contribution in [3.8, 4) is 6.07 Å². The number of carbonyl (C=O) groups is 2. The lowest BCUT2D eigenvalue weighted by Gasteiger charge is -2.34. The fourth-order valence-corrected chi connectivity index (χ4v) is 2.98. The van der Waals surface area contributed by atoms with Crippen molar-refractivity contribution in [3.63, 3.8) is 0 Å². The Morgan fingerprint density at radius 1 is 1.31 bits per heavy atom. The Morgan fingerprint density at radius 3 is 2.69 bits per heavy atom. The maximum Gasteiger partial charge on any atom is 0.322 e. The minimum atomic E-state index is -1.10. The summed E-state index contributed by atoms with van der Waals surface area (Å²) in [5, 5.41) is 13.7. The Morgan fingerprint density at radius 2 is 2.03 bits per heavy atom. The van der Waals surface area contributed by atoms with Crippen molar-refractivity contribution in [2.24, 2.45) is 0 Å². The lowest BCUT2D eigenvalue weighted by atomic mass is 10.1. The van der Waals surface area contributed by atoms with E-state index in [1.54, 1.807) is 6.07 Å². The lowest BCUT2D eigenvalue weighted by molar-refractivity contribution is -0.125. The highest BCUT2D eigenvalue weighted by molar-refractivity contribution is 5.96. The summed E-state index contributed by atoms with van der Waals surface area (Å²) in [7, 11) is 0. The molecule has 29 heavy (non-hydrogen) atoms. The zero-order valence-electron chi connectivity index (χ0n) is 15.5. The Labute approximate surface area is 164 Å². The highest BCUT2D eigenvalue weighted by Gasteiger charge is 2.33. The van der Waals surface area contributed by atoms with E-state index in [9.17, 15) is 22.8 Å². The monoisotopic (exact) mass is 403 g/mol. The molecule has 3 amide bonds. The number of anilines is 1. The van der Waals surface area contributed by atoms with E-state index in [2.05, 4.69) is 15.6 Å². The smallest absolute Gasteiger partial charge is 0.322 e. The SMILES string of the molecule is C[C@H](C(=O)N[C@H](C)c1ncc(C#N)cc1F)N1Cc2c(ccc(F)c2F)NC1=O. The Kier molecular flexibility index (Phi) is 5.41. The second-order valence-electron chi connectivity index (χ2n) is 6.55. The molecule has 0 saturated heterocycles. The van der Waals surface area contributed by atoms with Gasteiger partial charge in [0.25, 0.3) is 0 Å². The van der Waals surface area contributed by atoms with Gasteiger partial charge in [-0.2, -0.15) is 5.26 Å². The molecule has 0 aliphatic carbocycles. The fourth-order valence-electron chi connectivity index (χ4n) is 2.98. The van der Waals surface area contributed by atoms with E-state index in [1.165, 1.54) is 26.1 Å². The summed E-state index contributed by atoms with van der Waals surface area (Å²) in [6.45, 7) is 2.59. The molecule has 0 saturated carbocycles. The van der Waals surface area contributed by atoms with Gasteiger partial charge in [-0.25, -0.2) is 18.0 Å². The molecule has 2 atom stereocenters. The molecule has 0 radical (unpaired) electrons. The van der Waals surface area contributed by atoms with Gasteiger partial charge in [0.1, 0.15) is 17.9 Å². The van der Waals surface area contributed by atoms with Crippen molar-refractivity contribution in [2.75, 3.05) is 5.32 Å². The molecule has 1 aliphatic heterocycles. The standard InChI is InChI=1S/C19H16F3N5O2/c1-9(17-14(21)5-11(6-23)7-24-17)25-18(28)10(2)27-8-12-15(26-19(27)29)4-3-13(20)16(12)22/h3-5,7,9-10H,8H2,1-2H3,(H,25,28)(H,26,29)/t9-,10-/m1/s1. The average Bonchev–Trinajstić information content (AvgIpc) is 2.69. The number of halogens is 3. The molecular weight excluding hydrogens is 387 g/mol. The highest BCUT2D eigenvalue weighted by Crippen LogP contribution is 2.28. The van der Waals surface area contributed by atoms with Gasteiger partial charge in [0, 0.05) is 11.8 Å². The first-order chi connectivity index (χ1) is 13.7. The van der Waals surface area contributed by atoms with E-state index < -0.39 is 41.5 Å². The number of aromatic nitrogens is 1. The zero-order chi connectivity index (χ0) is 21.3. The van der Waals surface area contributed by atoms with Crippen LogP contribution in [0.15, 0.2) is 24.4 Å². The molecule has 7 nitrogen and oxygen atoms in total. The minimum absolute atomic E-state index is 0.0380. The van der Waals surface area contributed by atoms with Crippen molar-refractivity contribution in [3.05, 3.63) is 58.7 Å². The average molecular weight is 403 g/mol. The molecule has 1 aliphatic rings. The van der Waals surface area contributed by atoms with Crippen LogP contribution in [-0.2, 0) is 11.3 Å². The number of rotatable bonds is 4. The van der Waals surface area contributed by atoms with Gasteiger partial charge >= 0.3 is 6.03 Å². The summed E-state index contributed by atoms with van der Waals surface area (Å²) >= 11 is 0. The number of nitrogens with one attached hydrogen (secondary N) is 2. The van der Waals surface area contributed by atoms with Crippen LogP contribution in [0.5, 0.6) is 0 Å². The maximum absolute atomic E-state index is 14.1. The van der Waals surface area contributed by atoms with Crippen molar-refractivity contribution in [2.45, 2.75) is 32.5 Å². The molecule has 2 N–H and O–H groups in total. The summed E-state index contributed by atoms with van der Waals surface area (Å²) in [6, 6.07) is 2.34. The third-order valence-electron chi connectivity index (χ3n) is 4.64.